The molecule has 1 heterocycles. The van der Waals surface area contributed by atoms with E-state index in [9.17, 15) is 18.4 Å². The molecule has 3 rings (SSSR count). The number of alkyl halides is 1. The summed E-state index contributed by atoms with van der Waals surface area (Å²) in [7, 11) is 0. The van der Waals surface area contributed by atoms with E-state index in [0.717, 1.165) is 0 Å². The molecule has 0 unspecified atom stereocenters. The SMILES string of the molecule is O=C(NNc1ccc(F)cc1)c1ccc(=O)n(-c2ccc(CF)cc2)c1. The van der Waals surface area contributed by atoms with Crippen molar-refractivity contribution in [1.82, 2.24) is 9.99 Å². The van der Waals surface area contributed by atoms with Crippen molar-refractivity contribution in [2.75, 3.05) is 5.43 Å². The Hall–Kier alpha value is -3.48. The summed E-state index contributed by atoms with van der Waals surface area (Å²) < 4.78 is 26.8. The van der Waals surface area contributed by atoms with E-state index in [1.807, 2.05) is 0 Å². The molecule has 0 aliphatic rings. The van der Waals surface area contributed by atoms with Gasteiger partial charge in [0, 0.05) is 18.0 Å². The van der Waals surface area contributed by atoms with Gasteiger partial charge in [0.05, 0.1) is 11.3 Å². The number of aromatic nitrogens is 1. The lowest BCUT2D eigenvalue weighted by Crippen LogP contribution is -2.30. The van der Waals surface area contributed by atoms with E-state index in [4.69, 9.17) is 0 Å². The van der Waals surface area contributed by atoms with Crippen LogP contribution in [-0.2, 0) is 6.67 Å². The van der Waals surface area contributed by atoms with E-state index < -0.39 is 12.6 Å². The Morgan fingerprint density at radius 3 is 2.31 bits per heavy atom. The van der Waals surface area contributed by atoms with E-state index in [0.29, 0.717) is 16.9 Å². The third kappa shape index (κ3) is 3.94. The normalized spacial score (nSPS) is 10.4. The second-order valence-electron chi connectivity index (χ2n) is 5.51. The van der Waals surface area contributed by atoms with E-state index in [1.54, 1.807) is 24.3 Å². The Bertz CT molecular complexity index is 967. The molecule has 0 saturated heterocycles. The van der Waals surface area contributed by atoms with Crippen LogP contribution in [0.15, 0.2) is 71.7 Å². The van der Waals surface area contributed by atoms with Crippen LogP contribution in [0.4, 0.5) is 14.5 Å². The zero-order valence-corrected chi connectivity index (χ0v) is 13.6. The fourth-order valence-electron chi connectivity index (χ4n) is 2.30. The van der Waals surface area contributed by atoms with Crippen LogP contribution in [0, 0.1) is 5.82 Å². The average molecular weight is 355 g/mol. The van der Waals surface area contributed by atoms with Gasteiger partial charge in [0.25, 0.3) is 11.5 Å². The van der Waals surface area contributed by atoms with Crippen LogP contribution in [0.5, 0.6) is 0 Å². The molecule has 0 atom stereocenters. The van der Waals surface area contributed by atoms with Gasteiger partial charge in [-0.3, -0.25) is 25.0 Å². The highest BCUT2D eigenvalue weighted by Gasteiger charge is 2.09. The first-order valence-electron chi connectivity index (χ1n) is 7.77. The standard InChI is InChI=1S/C19H15F2N3O2/c20-11-13-1-8-17(9-2-13)24-12-14(3-10-18(24)25)19(26)23-22-16-6-4-15(21)5-7-16/h1-10,12,22H,11H2,(H,23,26). The Balaban J connectivity index is 1.78. The molecular weight excluding hydrogens is 340 g/mol. The van der Waals surface area contributed by atoms with Crippen LogP contribution in [0.25, 0.3) is 5.69 Å². The van der Waals surface area contributed by atoms with Crippen molar-refractivity contribution >= 4 is 11.6 Å². The summed E-state index contributed by atoms with van der Waals surface area (Å²) in [5.74, 6) is -0.851. The summed E-state index contributed by atoms with van der Waals surface area (Å²) in [5.41, 5.74) is 6.59. The number of nitrogens with one attached hydrogen (secondary N) is 2. The number of halogens is 2. The third-order valence-electron chi connectivity index (χ3n) is 3.71. The van der Waals surface area contributed by atoms with Crippen LogP contribution in [0.2, 0.25) is 0 Å². The van der Waals surface area contributed by atoms with Gasteiger partial charge < -0.3 is 0 Å². The molecule has 0 bridgehead atoms. The molecule has 0 aliphatic carbocycles. The highest BCUT2D eigenvalue weighted by Crippen LogP contribution is 2.10. The third-order valence-corrected chi connectivity index (χ3v) is 3.71. The first kappa shape index (κ1) is 17.3. The van der Waals surface area contributed by atoms with Gasteiger partial charge in [0.15, 0.2) is 0 Å². The molecule has 3 aromatic rings. The number of anilines is 1. The maximum absolute atomic E-state index is 12.9. The van der Waals surface area contributed by atoms with Crippen molar-refractivity contribution in [3.05, 3.63) is 94.2 Å². The minimum atomic E-state index is -0.591. The minimum Gasteiger partial charge on any atom is -0.298 e. The summed E-state index contributed by atoms with van der Waals surface area (Å²) in [5, 5.41) is 0. The van der Waals surface area contributed by atoms with Crippen LogP contribution >= 0.6 is 0 Å². The maximum atomic E-state index is 12.9. The topological polar surface area (TPSA) is 63.1 Å². The van der Waals surface area contributed by atoms with Gasteiger partial charge in [-0.05, 0) is 48.0 Å². The van der Waals surface area contributed by atoms with Crippen molar-refractivity contribution in [3.8, 4) is 5.69 Å². The molecule has 7 heteroatoms. The number of carbonyl (C=O) groups is 1. The Morgan fingerprint density at radius 2 is 1.65 bits per heavy atom. The Kier molecular flexibility index (Phi) is 5.07. The summed E-state index contributed by atoms with van der Waals surface area (Å²) >= 11 is 0. The lowest BCUT2D eigenvalue weighted by Gasteiger charge is -2.11. The van der Waals surface area contributed by atoms with Crippen LogP contribution in [-0.4, -0.2) is 10.5 Å². The van der Waals surface area contributed by atoms with Crippen molar-refractivity contribution in [2.45, 2.75) is 6.67 Å². The van der Waals surface area contributed by atoms with E-state index in [1.165, 1.54) is 47.2 Å². The Labute approximate surface area is 147 Å². The zero-order valence-electron chi connectivity index (χ0n) is 13.6. The largest absolute Gasteiger partial charge is 0.298 e. The number of hydrogen-bond acceptors (Lipinski definition) is 3. The number of carbonyl (C=O) groups excluding carboxylic acids is 1. The summed E-state index contributed by atoms with van der Waals surface area (Å²) in [6.45, 7) is -0.591. The highest BCUT2D eigenvalue weighted by molar-refractivity contribution is 5.94. The van der Waals surface area contributed by atoms with Crippen molar-refractivity contribution < 1.29 is 13.6 Å². The van der Waals surface area contributed by atoms with Crippen LogP contribution < -0.4 is 16.4 Å². The molecule has 0 spiro atoms. The molecule has 26 heavy (non-hydrogen) atoms. The molecule has 0 radical (unpaired) electrons. The van der Waals surface area contributed by atoms with Crippen molar-refractivity contribution in [2.24, 2.45) is 0 Å². The van der Waals surface area contributed by atoms with Gasteiger partial charge in [-0.1, -0.05) is 12.1 Å². The second kappa shape index (κ2) is 7.60. The number of nitrogens with zero attached hydrogens (tertiary/aromatic N) is 1. The van der Waals surface area contributed by atoms with E-state index in [-0.39, 0.29) is 16.9 Å². The second-order valence-corrected chi connectivity index (χ2v) is 5.51. The van der Waals surface area contributed by atoms with Crippen LogP contribution in [0.3, 0.4) is 0 Å². The fourth-order valence-corrected chi connectivity index (χ4v) is 2.30. The molecule has 5 nitrogen and oxygen atoms in total. The molecular formula is C19H15F2N3O2. The maximum Gasteiger partial charge on any atom is 0.271 e. The van der Waals surface area contributed by atoms with E-state index in [2.05, 4.69) is 10.9 Å². The van der Waals surface area contributed by atoms with Gasteiger partial charge in [-0.25, -0.2) is 8.78 Å². The summed E-state index contributed by atoms with van der Waals surface area (Å²) in [6.07, 6.45) is 1.40. The molecule has 0 aliphatic heterocycles. The zero-order chi connectivity index (χ0) is 18.5. The monoisotopic (exact) mass is 355 g/mol. The predicted molar refractivity (Wildman–Crippen MR) is 94.3 cm³/mol. The lowest BCUT2D eigenvalue weighted by atomic mass is 10.2. The number of amides is 1. The lowest BCUT2D eigenvalue weighted by molar-refractivity contribution is 0.0962. The molecule has 2 aromatic carbocycles. The van der Waals surface area contributed by atoms with Gasteiger partial charge in [0.2, 0.25) is 0 Å². The Morgan fingerprint density at radius 1 is 0.962 bits per heavy atom. The molecule has 132 valence electrons. The van der Waals surface area contributed by atoms with E-state index >= 15 is 0 Å². The molecule has 0 fully saturated rings. The number of benzene rings is 2. The number of pyridine rings is 1. The van der Waals surface area contributed by atoms with Gasteiger partial charge in [-0.15, -0.1) is 0 Å². The predicted octanol–water partition coefficient (Wildman–Crippen LogP) is 3.20. The highest BCUT2D eigenvalue weighted by atomic mass is 19.1. The molecule has 2 N–H and O–H groups in total. The van der Waals surface area contributed by atoms with Crippen molar-refractivity contribution in [3.63, 3.8) is 0 Å². The molecule has 1 amide bonds. The van der Waals surface area contributed by atoms with Gasteiger partial charge in [-0.2, -0.15) is 0 Å². The minimum absolute atomic E-state index is 0.244. The van der Waals surface area contributed by atoms with Gasteiger partial charge in [0.1, 0.15) is 12.5 Å². The first-order valence-corrected chi connectivity index (χ1v) is 7.77. The number of hydrazine groups is 1. The van der Waals surface area contributed by atoms with Crippen molar-refractivity contribution in [1.29, 1.82) is 0 Å². The van der Waals surface area contributed by atoms with Gasteiger partial charge >= 0.3 is 0 Å². The molecule has 1 aromatic heterocycles. The summed E-state index contributed by atoms with van der Waals surface area (Å²) in [4.78, 5) is 24.3. The fraction of sp³-hybridized carbons (Fsp3) is 0.0526. The van der Waals surface area contributed by atoms with Crippen LogP contribution in [0.1, 0.15) is 15.9 Å². The quantitative estimate of drug-likeness (QED) is 0.691. The summed E-state index contributed by atoms with van der Waals surface area (Å²) in [6, 6.07) is 14.5. The molecule has 0 saturated carbocycles. The first-order chi connectivity index (χ1) is 12.6. The average Bonchev–Trinajstić information content (AvgIpc) is 2.68. The smallest absolute Gasteiger partial charge is 0.271 e. The number of hydrogen-bond donors (Lipinski definition) is 2. The number of rotatable bonds is 5.